The van der Waals surface area contributed by atoms with E-state index in [4.69, 9.17) is 4.74 Å². The first kappa shape index (κ1) is 22.4. The summed E-state index contributed by atoms with van der Waals surface area (Å²) >= 11 is 1.54. The van der Waals surface area contributed by atoms with Gasteiger partial charge in [0.15, 0.2) is 0 Å². The fourth-order valence-corrected chi connectivity index (χ4v) is 7.69. The molecule has 7 nitrogen and oxygen atoms in total. The van der Waals surface area contributed by atoms with Gasteiger partial charge in [0, 0.05) is 17.8 Å². The summed E-state index contributed by atoms with van der Waals surface area (Å²) in [4.78, 5) is 44.2. The van der Waals surface area contributed by atoms with Crippen LogP contribution in [0.3, 0.4) is 0 Å². The van der Waals surface area contributed by atoms with Crippen molar-refractivity contribution < 1.29 is 24.2 Å². The van der Waals surface area contributed by atoms with Crippen LogP contribution in [0.2, 0.25) is 0 Å². The lowest BCUT2D eigenvalue weighted by atomic mass is 9.78. The highest BCUT2D eigenvalue weighted by Crippen LogP contribution is 2.61. The lowest BCUT2D eigenvalue weighted by Gasteiger charge is -2.39. The second kappa shape index (κ2) is 8.62. The Morgan fingerprint density at radius 1 is 1.26 bits per heavy atom. The highest BCUT2D eigenvalue weighted by Gasteiger charge is 2.71. The number of likely N-dealkylation sites (tertiary alicyclic amines) is 1. The van der Waals surface area contributed by atoms with Crippen molar-refractivity contribution in [2.24, 2.45) is 11.8 Å². The van der Waals surface area contributed by atoms with E-state index in [9.17, 15) is 19.5 Å². The van der Waals surface area contributed by atoms with Crippen LogP contribution in [0.15, 0.2) is 24.3 Å². The Balaban J connectivity index is 1.84. The summed E-state index contributed by atoms with van der Waals surface area (Å²) in [6.07, 6.45) is 10.1. The van der Waals surface area contributed by atoms with Gasteiger partial charge in [0.1, 0.15) is 12.6 Å². The molecule has 0 aromatic carbocycles. The maximum Gasteiger partial charge on any atom is 0.311 e. The van der Waals surface area contributed by atoms with Crippen LogP contribution in [0.1, 0.15) is 40.0 Å². The van der Waals surface area contributed by atoms with Crippen LogP contribution in [0.25, 0.3) is 0 Å². The molecule has 4 aliphatic heterocycles. The molecule has 0 radical (unpaired) electrons. The summed E-state index contributed by atoms with van der Waals surface area (Å²) in [5.41, 5.74) is 0. The van der Waals surface area contributed by atoms with E-state index in [1.165, 1.54) is 11.8 Å². The number of carbonyl (C=O) groups excluding carboxylic acids is 3. The third-order valence-electron chi connectivity index (χ3n) is 7.20. The van der Waals surface area contributed by atoms with Gasteiger partial charge in [-0.1, -0.05) is 44.6 Å². The zero-order chi connectivity index (χ0) is 22.3. The van der Waals surface area contributed by atoms with E-state index >= 15 is 0 Å². The minimum atomic E-state index is -0.840. The Bertz CT molecular complexity index is 810. The van der Waals surface area contributed by atoms with Gasteiger partial charge in [-0.2, -0.15) is 0 Å². The molecule has 0 aromatic heterocycles. The van der Waals surface area contributed by atoms with Crippen molar-refractivity contribution >= 4 is 29.5 Å². The van der Waals surface area contributed by atoms with Gasteiger partial charge in [0.25, 0.3) is 0 Å². The molecule has 0 saturated carbocycles. The minimum Gasteiger partial charge on any atom is -0.461 e. The number of carbonyl (C=O) groups is 3. The number of aliphatic hydroxyl groups excluding tert-OH is 1. The third-order valence-corrected chi connectivity index (χ3v) is 8.94. The standard InChI is InChI=1S/C23H32N2O5S/c1-4-8-14(3)24-11-7-10-23-18(17-16(31-23)9-6-12-30-22(17)29)20(27)25(15(5-2)13-26)19(23)21(24)28/h6-7,9-10,14-19,26H,4-5,8,11-13H2,1-3H3/t14?,15-,16-,17+,18-,19?,23-/m0/s1. The summed E-state index contributed by atoms with van der Waals surface area (Å²) < 4.78 is 4.53. The molecule has 4 rings (SSSR count). The molecule has 0 aromatic rings. The lowest BCUT2D eigenvalue weighted by molar-refractivity contribution is -0.152. The predicted octanol–water partition coefficient (Wildman–Crippen LogP) is 1.75. The Morgan fingerprint density at radius 2 is 2.03 bits per heavy atom. The van der Waals surface area contributed by atoms with E-state index in [-0.39, 0.29) is 42.3 Å². The Hall–Kier alpha value is -1.80. The summed E-state index contributed by atoms with van der Waals surface area (Å²) in [7, 11) is 0. The summed E-state index contributed by atoms with van der Waals surface area (Å²) in [5.74, 6) is -1.99. The molecule has 170 valence electrons. The van der Waals surface area contributed by atoms with Crippen molar-refractivity contribution in [3.8, 4) is 0 Å². The summed E-state index contributed by atoms with van der Waals surface area (Å²) in [5, 5.41) is 9.85. The van der Waals surface area contributed by atoms with Crippen LogP contribution in [0.5, 0.6) is 0 Å². The van der Waals surface area contributed by atoms with E-state index in [0.717, 1.165) is 12.8 Å². The number of cyclic esters (lactones) is 1. The first-order chi connectivity index (χ1) is 14.9. The zero-order valence-corrected chi connectivity index (χ0v) is 19.2. The minimum absolute atomic E-state index is 0.0456. The smallest absolute Gasteiger partial charge is 0.311 e. The van der Waals surface area contributed by atoms with Crippen LogP contribution < -0.4 is 0 Å². The van der Waals surface area contributed by atoms with Crippen molar-refractivity contribution in [3.63, 3.8) is 0 Å². The molecule has 4 aliphatic rings. The molecule has 1 spiro atoms. The summed E-state index contributed by atoms with van der Waals surface area (Å²) in [6.45, 7) is 6.52. The largest absolute Gasteiger partial charge is 0.461 e. The molecular weight excluding hydrogens is 416 g/mol. The van der Waals surface area contributed by atoms with Gasteiger partial charge >= 0.3 is 5.97 Å². The normalized spacial score (nSPS) is 36.5. The number of ether oxygens (including phenoxy) is 1. The maximum absolute atomic E-state index is 14.0. The molecule has 7 atom stereocenters. The molecule has 0 aliphatic carbocycles. The number of amides is 2. The van der Waals surface area contributed by atoms with Crippen LogP contribution in [0, 0.1) is 11.8 Å². The molecule has 2 amide bonds. The fourth-order valence-electron chi connectivity index (χ4n) is 5.70. The molecule has 31 heavy (non-hydrogen) atoms. The lowest BCUT2D eigenvalue weighted by Crippen LogP contribution is -2.57. The monoisotopic (exact) mass is 448 g/mol. The number of rotatable bonds is 6. The third kappa shape index (κ3) is 3.33. The highest BCUT2D eigenvalue weighted by molar-refractivity contribution is 8.02. The van der Waals surface area contributed by atoms with Gasteiger partial charge in [-0.25, -0.2) is 0 Å². The first-order valence-electron chi connectivity index (χ1n) is 11.3. The predicted molar refractivity (Wildman–Crippen MR) is 118 cm³/mol. The number of aliphatic hydroxyl groups is 1. The van der Waals surface area contributed by atoms with Crippen LogP contribution in [0.4, 0.5) is 0 Å². The van der Waals surface area contributed by atoms with Gasteiger partial charge in [-0.15, -0.1) is 11.8 Å². The topological polar surface area (TPSA) is 87.2 Å². The molecule has 4 heterocycles. The van der Waals surface area contributed by atoms with Crippen LogP contribution in [-0.4, -0.2) is 80.6 Å². The van der Waals surface area contributed by atoms with Crippen molar-refractivity contribution in [3.05, 3.63) is 24.3 Å². The number of hydrogen-bond acceptors (Lipinski definition) is 6. The second-order valence-corrected chi connectivity index (χ2v) is 10.4. The van der Waals surface area contributed by atoms with Gasteiger partial charge in [-0.05, 0) is 19.8 Å². The first-order valence-corrected chi connectivity index (χ1v) is 12.2. The van der Waals surface area contributed by atoms with Gasteiger partial charge in [-0.3, -0.25) is 14.4 Å². The molecule has 8 heteroatoms. The van der Waals surface area contributed by atoms with Crippen LogP contribution >= 0.6 is 11.8 Å². The number of thioether (sulfide) groups is 1. The number of esters is 1. The molecule has 2 fully saturated rings. The van der Waals surface area contributed by atoms with Crippen molar-refractivity contribution in [2.75, 3.05) is 19.8 Å². The van der Waals surface area contributed by atoms with E-state index in [2.05, 4.69) is 6.92 Å². The van der Waals surface area contributed by atoms with Gasteiger partial charge in [0.2, 0.25) is 11.8 Å². The summed E-state index contributed by atoms with van der Waals surface area (Å²) in [6, 6.07) is -1.15. The van der Waals surface area contributed by atoms with Crippen LogP contribution in [-0.2, 0) is 19.1 Å². The molecule has 1 N–H and O–H groups in total. The second-order valence-electron chi connectivity index (χ2n) is 8.92. The molecule has 2 unspecified atom stereocenters. The zero-order valence-electron chi connectivity index (χ0n) is 18.4. The fraction of sp³-hybridized carbons (Fsp3) is 0.696. The maximum atomic E-state index is 14.0. The Labute approximate surface area is 187 Å². The average molecular weight is 449 g/mol. The SMILES string of the molecule is CCCC(C)N1CC=C[C@]23S[C@H]4C=CCOC(=O)[C@H]4[C@H]2C(=O)N([C@@H](CC)CO)C3C1=O. The quantitative estimate of drug-likeness (QED) is 0.492. The number of nitrogens with zero attached hydrogens (tertiary/aromatic N) is 2. The van der Waals surface area contributed by atoms with Crippen molar-refractivity contribution in [1.29, 1.82) is 0 Å². The number of hydrogen-bond donors (Lipinski definition) is 1. The molecule has 0 bridgehead atoms. The van der Waals surface area contributed by atoms with Crippen molar-refractivity contribution in [1.82, 2.24) is 9.80 Å². The average Bonchev–Trinajstić information content (AvgIpc) is 3.04. The Kier molecular flexibility index (Phi) is 6.23. The highest BCUT2D eigenvalue weighted by atomic mass is 32.2. The number of fused-ring (bicyclic) bond motifs is 2. The van der Waals surface area contributed by atoms with Crippen molar-refractivity contribution in [2.45, 2.75) is 68.2 Å². The van der Waals surface area contributed by atoms with Gasteiger partial charge in [0.05, 0.1) is 29.2 Å². The van der Waals surface area contributed by atoms with E-state index in [1.807, 2.05) is 43.1 Å². The van der Waals surface area contributed by atoms with E-state index < -0.39 is 28.7 Å². The van der Waals surface area contributed by atoms with E-state index in [1.54, 1.807) is 4.90 Å². The molecule has 2 saturated heterocycles. The molecular formula is C23H32N2O5S. The van der Waals surface area contributed by atoms with E-state index in [0.29, 0.717) is 13.0 Å². The Morgan fingerprint density at radius 3 is 2.71 bits per heavy atom. The van der Waals surface area contributed by atoms with Gasteiger partial charge < -0.3 is 19.6 Å².